The fourth-order valence-electron chi connectivity index (χ4n) is 2.55. The Hall–Kier alpha value is -0.120. The van der Waals surface area contributed by atoms with Crippen molar-refractivity contribution < 1.29 is 5.11 Å². The van der Waals surface area contributed by atoms with E-state index in [1.807, 2.05) is 0 Å². The number of hydrogen-bond acceptors (Lipinski definition) is 3. The fraction of sp³-hybridized carbons (Fsp3) is 1.00. The summed E-state index contributed by atoms with van der Waals surface area (Å²) in [7, 11) is 0. The first-order valence-electron chi connectivity index (χ1n) is 6.47. The van der Waals surface area contributed by atoms with E-state index in [4.69, 9.17) is 0 Å². The monoisotopic (exact) mass is 226 g/mol. The van der Waals surface area contributed by atoms with Crippen molar-refractivity contribution in [3.8, 4) is 0 Å². The molecule has 2 aliphatic heterocycles. The van der Waals surface area contributed by atoms with Crippen molar-refractivity contribution in [3.05, 3.63) is 0 Å². The summed E-state index contributed by atoms with van der Waals surface area (Å²) in [6.07, 6.45) is 0. The molecule has 2 fully saturated rings. The van der Waals surface area contributed by atoms with Gasteiger partial charge in [0.2, 0.25) is 0 Å². The van der Waals surface area contributed by atoms with Crippen LogP contribution in [0.4, 0.5) is 0 Å². The molecule has 0 spiro atoms. The van der Waals surface area contributed by atoms with Gasteiger partial charge in [0.05, 0.1) is 5.60 Å². The molecule has 0 bridgehead atoms. The SMILES string of the molecule is CC(CN1CC(C(C)(C)C)C1)C1(O)CNC1. The molecule has 1 unspecified atom stereocenters. The van der Waals surface area contributed by atoms with Gasteiger partial charge in [-0.3, -0.25) is 0 Å². The molecule has 0 radical (unpaired) electrons. The smallest absolute Gasteiger partial charge is 0.0932 e. The molecule has 16 heavy (non-hydrogen) atoms. The number of likely N-dealkylation sites (tertiary alicyclic amines) is 1. The lowest BCUT2D eigenvalue weighted by Crippen LogP contribution is -2.65. The van der Waals surface area contributed by atoms with Crippen LogP contribution in [0.15, 0.2) is 0 Å². The van der Waals surface area contributed by atoms with Crippen LogP contribution >= 0.6 is 0 Å². The first-order valence-corrected chi connectivity index (χ1v) is 6.47. The molecule has 0 aromatic heterocycles. The summed E-state index contributed by atoms with van der Waals surface area (Å²) in [6, 6.07) is 0. The van der Waals surface area contributed by atoms with Gasteiger partial charge in [0.25, 0.3) is 0 Å². The van der Waals surface area contributed by atoms with Crippen LogP contribution in [-0.4, -0.2) is 48.3 Å². The molecule has 94 valence electrons. The van der Waals surface area contributed by atoms with Crippen LogP contribution in [0.5, 0.6) is 0 Å². The Morgan fingerprint density at radius 1 is 1.38 bits per heavy atom. The van der Waals surface area contributed by atoms with Crippen LogP contribution in [-0.2, 0) is 0 Å². The molecule has 3 nitrogen and oxygen atoms in total. The Bertz CT molecular complexity index is 249. The van der Waals surface area contributed by atoms with Gasteiger partial charge in [0.1, 0.15) is 0 Å². The third-order valence-electron chi connectivity index (χ3n) is 4.49. The van der Waals surface area contributed by atoms with Crippen molar-refractivity contribution in [1.29, 1.82) is 0 Å². The van der Waals surface area contributed by atoms with Gasteiger partial charge in [-0.1, -0.05) is 27.7 Å². The Balaban J connectivity index is 1.73. The van der Waals surface area contributed by atoms with Gasteiger partial charge in [-0.05, 0) is 11.3 Å². The average molecular weight is 226 g/mol. The third-order valence-corrected chi connectivity index (χ3v) is 4.49. The second kappa shape index (κ2) is 3.97. The summed E-state index contributed by atoms with van der Waals surface area (Å²) in [5, 5.41) is 13.3. The van der Waals surface area contributed by atoms with Crippen LogP contribution in [0, 0.1) is 17.3 Å². The molecule has 0 aliphatic carbocycles. The number of rotatable bonds is 3. The third kappa shape index (κ3) is 2.27. The molecule has 2 N–H and O–H groups in total. The zero-order valence-corrected chi connectivity index (χ0v) is 11.1. The van der Waals surface area contributed by atoms with Gasteiger partial charge in [0, 0.05) is 38.6 Å². The molecule has 3 heteroatoms. The topological polar surface area (TPSA) is 35.5 Å². The summed E-state index contributed by atoms with van der Waals surface area (Å²) in [5.74, 6) is 1.21. The maximum absolute atomic E-state index is 10.2. The van der Waals surface area contributed by atoms with Gasteiger partial charge in [-0.2, -0.15) is 0 Å². The first kappa shape index (κ1) is 12.3. The fourth-order valence-corrected chi connectivity index (χ4v) is 2.55. The molecule has 2 rings (SSSR count). The summed E-state index contributed by atoms with van der Waals surface area (Å²) >= 11 is 0. The Morgan fingerprint density at radius 3 is 2.31 bits per heavy atom. The lowest BCUT2D eigenvalue weighted by molar-refractivity contribution is -0.0809. The molecule has 2 saturated heterocycles. The van der Waals surface area contributed by atoms with Crippen molar-refractivity contribution in [1.82, 2.24) is 10.2 Å². The normalized spacial score (nSPS) is 28.3. The largest absolute Gasteiger partial charge is 0.387 e. The van der Waals surface area contributed by atoms with E-state index >= 15 is 0 Å². The molecule has 0 amide bonds. The Kier molecular flexibility index (Phi) is 3.06. The maximum Gasteiger partial charge on any atom is 0.0932 e. The van der Waals surface area contributed by atoms with E-state index in [0.29, 0.717) is 11.3 Å². The van der Waals surface area contributed by atoms with Crippen molar-refractivity contribution in [3.63, 3.8) is 0 Å². The van der Waals surface area contributed by atoms with Crippen molar-refractivity contribution in [2.45, 2.75) is 33.3 Å². The summed E-state index contributed by atoms with van der Waals surface area (Å²) in [6.45, 7) is 14.1. The number of hydrogen-bond donors (Lipinski definition) is 2. The van der Waals surface area contributed by atoms with E-state index in [2.05, 4.69) is 37.9 Å². The van der Waals surface area contributed by atoms with Crippen LogP contribution in [0.3, 0.4) is 0 Å². The Labute approximate surface area is 99.2 Å². The molecule has 0 aromatic rings. The molecule has 2 heterocycles. The molecule has 2 aliphatic rings. The first-order chi connectivity index (χ1) is 7.31. The van der Waals surface area contributed by atoms with E-state index in [1.165, 1.54) is 13.1 Å². The quantitative estimate of drug-likeness (QED) is 0.751. The highest BCUT2D eigenvalue weighted by molar-refractivity contribution is 4.99. The predicted molar refractivity (Wildman–Crippen MR) is 66.4 cm³/mol. The maximum atomic E-state index is 10.2. The number of aliphatic hydroxyl groups is 1. The Morgan fingerprint density at radius 2 is 1.94 bits per heavy atom. The molecule has 0 aromatic carbocycles. The zero-order chi connectivity index (χ0) is 12.0. The minimum absolute atomic E-state index is 0.384. The molecule has 0 saturated carbocycles. The van der Waals surface area contributed by atoms with E-state index in [1.54, 1.807) is 0 Å². The van der Waals surface area contributed by atoms with E-state index in [0.717, 1.165) is 25.6 Å². The van der Waals surface area contributed by atoms with Crippen LogP contribution in [0.1, 0.15) is 27.7 Å². The van der Waals surface area contributed by atoms with Crippen molar-refractivity contribution in [2.75, 3.05) is 32.7 Å². The van der Waals surface area contributed by atoms with Gasteiger partial charge >= 0.3 is 0 Å². The van der Waals surface area contributed by atoms with Gasteiger partial charge < -0.3 is 15.3 Å². The summed E-state index contributed by atoms with van der Waals surface area (Å²) in [5.41, 5.74) is 0.00147. The average Bonchev–Trinajstić information content (AvgIpc) is 2.03. The summed E-state index contributed by atoms with van der Waals surface area (Å²) < 4.78 is 0. The molecular weight excluding hydrogens is 200 g/mol. The molecular formula is C13H26N2O. The van der Waals surface area contributed by atoms with E-state index in [-0.39, 0.29) is 0 Å². The number of β-amino-alcohol motifs (C(OH)–C–C–N with tert-alkyl or cyclic N) is 1. The highest BCUT2D eigenvalue weighted by atomic mass is 16.3. The highest BCUT2D eigenvalue weighted by Gasteiger charge is 2.43. The highest BCUT2D eigenvalue weighted by Crippen LogP contribution is 2.35. The van der Waals surface area contributed by atoms with Crippen LogP contribution < -0.4 is 5.32 Å². The van der Waals surface area contributed by atoms with E-state index in [9.17, 15) is 5.11 Å². The van der Waals surface area contributed by atoms with E-state index < -0.39 is 5.60 Å². The number of nitrogens with zero attached hydrogens (tertiary/aromatic N) is 1. The van der Waals surface area contributed by atoms with Gasteiger partial charge in [-0.25, -0.2) is 0 Å². The zero-order valence-electron chi connectivity index (χ0n) is 11.1. The minimum Gasteiger partial charge on any atom is -0.387 e. The van der Waals surface area contributed by atoms with Gasteiger partial charge in [-0.15, -0.1) is 0 Å². The summed E-state index contributed by atoms with van der Waals surface area (Å²) in [4.78, 5) is 2.48. The lowest BCUT2D eigenvalue weighted by Gasteiger charge is -2.50. The number of nitrogens with one attached hydrogen (secondary N) is 1. The standard InChI is InChI=1S/C13H26N2O/c1-10(13(16)8-14-9-13)5-15-6-11(7-15)12(2,3)4/h10-11,14,16H,5-9H2,1-4H3. The van der Waals surface area contributed by atoms with Crippen molar-refractivity contribution >= 4 is 0 Å². The van der Waals surface area contributed by atoms with Crippen molar-refractivity contribution in [2.24, 2.45) is 17.3 Å². The van der Waals surface area contributed by atoms with Crippen LogP contribution in [0.2, 0.25) is 0 Å². The predicted octanol–water partition coefficient (Wildman–Crippen LogP) is 0.935. The second-order valence-electron chi connectivity index (χ2n) is 6.89. The second-order valence-corrected chi connectivity index (χ2v) is 6.89. The minimum atomic E-state index is -0.438. The van der Waals surface area contributed by atoms with Gasteiger partial charge in [0.15, 0.2) is 0 Å². The molecule has 1 atom stereocenters. The van der Waals surface area contributed by atoms with Crippen LogP contribution in [0.25, 0.3) is 0 Å². The lowest BCUT2D eigenvalue weighted by atomic mass is 9.75.